The zero-order valence-electron chi connectivity index (χ0n) is 9.17. The second-order valence-corrected chi connectivity index (χ2v) is 4.67. The van der Waals surface area contributed by atoms with Crippen molar-refractivity contribution >= 4 is 5.97 Å². The molecular formula is C11H19NO2. The third-order valence-corrected chi connectivity index (χ3v) is 2.16. The van der Waals surface area contributed by atoms with Crippen molar-refractivity contribution in [3.8, 4) is 0 Å². The van der Waals surface area contributed by atoms with E-state index < -0.39 is 5.60 Å². The van der Waals surface area contributed by atoms with Gasteiger partial charge in [-0.2, -0.15) is 0 Å². The maximum absolute atomic E-state index is 11.6. The number of nitrogens with one attached hydrogen (secondary N) is 1. The molecule has 0 aromatic carbocycles. The van der Waals surface area contributed by atoms with Crippen LogP contribution in [0, 0.1) is 0 Å². The highest BCUT2D eigenvalue weighted by Gasteiger charge is 2.30. The molecular weight excluding hydrogens is 178 g/mol. The van der Waals surface area contributed by atoms with Gasteiger partial charge in [-0.25, -0.2) is 0 Å². The quantitative estimate of drug-likeness (QED) is 0.540. The predicted molar refractivity (Wildman–Crippen MR) is 56.0 cm³/mol. The molecule has 1 aliphatic rings. The van der Waals surface area contributed by atoms with E-state index in [4.69, 9.17) is 4.74 Å². The van der Waals surface area contributed by atoms with Crippen molar-refractivity contribution in [2.45, 2.75) is 51.3 Å². The summed E-state index contributed by atoms with van der Waals surface area (Å²) in [6.07, 6.45) is 3.64. The van der Waals surface area contributed by atoms with E-state index in [1.165, 1.54) is 0 Å². The molecule has 0 spiro atoms. The molecule has 80 valence electrons. The molecule has 0 saturated carbocycles. The average Bonchev–Trinajstić information content (AvgIpc) is 2.48. The molecule has 1 aliphatic heterocycles. The molecule has 0 aromatic heterocycles. The monoisotopic (exact) mass is 197 g/mol. The molecule has 1 fully saturated rings. The number of esters is 1. The minimum atomic E-state index is -0.398. The molecule has 14 heavy (non-hydrogen) atoms. The van der Waals surface area contributed by atoms with Gasteiger partial charge in [-0.05, 0) is 33.6 Å². The van der Waals surface area contributed by atoms with Crippen LogP contribution in [0.4, 0.5) is 0 Å². The molecule has 0 bridgehead atoms. The molecule has 1 saturated heterocycles. The van der Waals surface area contributed by atoms with Gasteiger partial charge in [0.05, 0.1) is 0 Å². The molecule has 2 unspecified atom stereocenters. The first-order valence-electron chi connectivity index (χ1n) is 5.04. The van der Waals surface area contributed by atoms with Gasteiger partial charge in [0.15, 0.2) is 0 Å². The summed E-state index contributed by atoms with van der Waals surface area (Å²) in [6, 6.07) is 0.102. The molecule has 0 aliphatic carbocycles. The Morgan fingerprint density at radius 2 is 2.14 bits per heavy atom. The number of hydrogen-bond acceptors (Lipinski definition) is 3. The Labute approximate surface area is 85.5 Å². The van der Waals surface area contributed by atoms with E-state index in [2.05, 4.69) is 11.9 Å². The van der Waals surface area contributed by atoms with Crippen LogP contribution in [-0.2, 0) is 9.53 Å². The topological polar surface area (TPSA) is 38.3 Å². The summed E-state index contributed by atoms with van der Waals surface area (Å²) in [5.41, 5.74) is -0.398. The first-order valence-corrected chi connectivity index (χ1v) is 5.04. The van der Waals surface area contributed by atoms with Crippen LogP contribution in [0.25, 0.3) is 0 Å². The molecule has 2 atom stereocenters. The number of carbonyl (C=O) groups excluding carboxylic acids is 1. The standard InChI is InChI=1S/C11H19NO2/c1-5-8-6-7-9(12-8)10(13)14-11(2,3)4/h5,8-9,12H,1,6-7H2,2-4H3. The minimum absolute atomic E-state index is 0.151. The number of ether oxygens (including phenoxy) is 1. The lowest BCUT2D eigenvalue weighted by Gasteiger charge is -2.22. The van der Waals surface area contributed by atoms with E-state index in [1.54, 1.807) is 0 Å². The second-order valence-electron chi connectivity index (χ2n) is 4.67. The van der Waals surface area contributed by atoms with Crippen LogP contribution in [-0.4, -0.2) is 23.7 Å². The lowest BCUT2D eigenvalue weighted by atomic mass is 10.1. The van der Waals surface area contributed by atoms with Crippen molar-refractivity contribution in [3.05, 3.63) is 12.7 Å². The Hall–Kier alpha value is -0.830. The molecule has 1 heterocycles. The highest BCUT2D eigenvalue weighted by Crippen LogP contribution is 2.17. The molecule has 0 amide bonds. The molecule has 3 nitrogen and oxygen atoms in total. The van der Waals surface area contributed by atoms with Gasteiger partial charge in [-0.1, -0.05) is 6.08 Å². The summed E-state index contributed by atoms with van der Waals surface area (Å²) in [4.78, 5) is 11.6. The first kappa shape index (κ1) is 11.2. The van der Waals surface area contributed by atoms with E-state index in [9.17, 15) is 4.79 Å². The summed E-state index contributed by atoms with van der Waals surface area (Å²) in [5.74, 6) is -0.151. The zero-order valence-corrected chi connectivity index (χ0v) is 9.17. The maximum atomic E-state index is 11.6. The normalized spacial score (nSPS) is 27.4. The van der Waals surface area contributed by atoms with E-state index in [0.29, 0.717) is 0 Å². The number of hydrogen-bond donors (Lipinski definition) is 1. The van der Waals surface area contributed by atoms with Crippen molar-refractivity contribution in [1.29, 1.82) is 0 Å². The molecule has 1 rings (SSSR count). The van der Waals surface area contributed by atoms with Gasteiger partial charge in [0.25, 0.3) is 0 Å². The van der Waals surface area contributed by atoms with Crippen LogP contribution in [0.2, 0.25) is 0 Å². The van der Waals surface area contributed by atoms with Gasteiger partial charge >= 0.3 is 5.97 Å². The summed E-state index contributed by atoms with van der Waals surface area (Å²) in [5, 5.41) is 3.17. The van der Waals surface area contributed by atoms with Gasteiger partial charge in [-0.3, -0.25) is 10.1 Å². The number of rotatable bonds is 2. The SMILES string of the molecule is C=CC1CCC(C(=O)OC(C)(C)C)N1. The van der Waals surface area contributed by atoms with Gasteiger partial charge < -0.3 is 4.74 Å². The van der Waals surface area contributed by atoms with E-state index >= 15 is 0 Å². The fraction of sp³-hybridized carbons (Fsp3) is 0.727. The van der Waals surface area contributed by atoms with Crippen LogP contribution in [0.5, 0.6) is 0 Å². The average molecular weight is 197 g/mol. The van der Waals surface area contributed by atoms with Crippen molar-refractivity contribution in [1.82, 2.24) is 5.32 Å². The number of carbonyl (C=O) groups is 1. The highest BCUT2D eigenvalue weighted by molar-refractivity contribution is 5.76. The summed E-state index contributed by atoms with van der Waals surface area (Å²) < 4.78 is 5.28. The van der Waals surface area contributed by atoms with Gasteiger partial charge in [-0.15, -0.1) is 6.58 Å². The van der Waals surface area contributed by atoms with Gasteiger partial charge in [0.2, 0.25) is 0 Å². The van der Waals surface area contributed by atoms with Crippen molar-refractivity contribution < 1.29 is 9.53 Å². The van der Waals surface area contributed by atoms with Gasteiger partial charge in [0.1, 0.15) is 11.6 Å². The lowest BCUT2D eigenvalue weighted by Crippen LogP contribution is -2.39. The first-order chi connectivity index (χ1) is 6.42. The van der Waals surface area contributed by atoms with Gasteiger partial charge in [0, 0.05) is 6.04 Å². The highest BCUT2D eigenvalue weighted by atomic mass is 16.6. The predicted octanol–water partition coefficient (Wildman–Crippen LogP) is 1.63. The smallest absolute Gasteiger partial charge is 0.323 e. The summed E-state index contributed by atoms with van der Waals surface area (Å²) in [7, 11) is 0. The Kier molecular flexibility index (Phi) is 3.32. The van der Waals surface area contributed by atoms with Crippen molar-refractivity contribution in [2.75, 3.05) is 0 Å². The fourth-order valence-electron chi connectivity index (χ4n) is 1.52. The largest absolute Gasteiger partial charge is 0.459 e. The third-order valence-electron chi connectivity index (χ3n) is 2.16. The minimum Gasteiger partial charge on any atom is -0.459 e. The Balaban J connectivity index is 2.43. The van der Waals surface area contributed by atoms with E-state index in [1.807, 2.05) is 26.8 Å². The Morgan fingerprint density at radius 1 is 1.50 bits per heavy atom. The fourth-order valence-corrected chi connectivity index (χ4v) is 1.52. The van der Waals surface area contributed by atoms with Crippen LogP contribution in [0.3, 0.4) is 0 Å². The molecule has 0 aromatic rings. The molecule has 3 heteroatoms. The maximum Gasteiger partial charge on any atom is 0.323 e. The third kappa shape index (κ3) is 3.14. The molecule has 1 N–H and O–H groups in total. The van der Waals surface area contributed by atoms with Crippen LogP contribution in [0.1, 0.15) is 33.6 Å². The second kappa shape index (κ2) is 4.13. The Bertz CT molecular complexity index is 230. The van der Waals surface area contributed by atoms with E-state index in [0.717, 1.165) is 12.8 Å². The van der Waals surface area contributed by atoms with E-state index in [-0.39, 0.29) is 18.1 Å². The van der Waals surface area contributed by atoms with Crippen LogP contribution < -0.4 is 5.32 Å². The zero-order chi connectivity index (χ0) is 10.8. The Morgan fingerprint density at radius 3 is 2.57 bits per heavy atom. The summed E-state index contributed by atoms with van der Waals surface area (Å²) >= 11 is 0. The van der Waals surface area contributed by atoms with Crippen LogP contribution in [0.15, 0.2) is 12.7 Å². The van der Waals surface area contributed by atoms with Crippen LogP contribution >= 0.6 is 0 Å². The van der Waals surface area contributed by atoms with Crippen molar-refractivity contribution in [3.63, 3.8) is 0 Å². The summed E-state index contributed by atoms with van der Waals surface area (Å²) in [6.45, 7) is 9.34. The van der Waals surface area contributed by atoms with Crippen molar-refractivity contribution in [2.24, 2.45) is 0 Å². The molecule has 0 radical (unpaired) electrons. The lowest BCUT2D eigenvalue weighted by molar-refractivity contribution is -0.157.